The van der Waals surface area contributed by atoms with Crippen LogP contribution in [0.1, 0.15) is 145 Å². The van der Waals surface area contributed by atoms with Gasteiger partial charge in [-0.1, -0.05) is 71.1 Å². The molecule has 0 aromatic carbocycles. The number of Topliss-reactive ketones (excluding diaryl/α,β-unsaturated/α-hetero) is 3. The number of piperidine rings is 1. The van der Waals surface area contributed by atoms with Crippen molar-refractivity contribution in [3.63, 3.8) is 0 Å². The van der Waals surface area contributed by atoms with E-state index in [0.717, 1.165) is 12.0 Å². The van der Waals surface area contributed by atoms with Crippen LogP contribution in [0, 0.1) is 35.5 Å². The van der Waals surface area contributed by atoms with Crippen molar-refractivity contribution in [1.82, 2.24) is 4.90 Å². The fraction of sp³-hybridized carbons (Fsp3) is 0.770. The van der Waals surface area contributed by atoms with Crippen LogP contribution in [0.4, 0.5) is 0 Å². The van der Waals surface area contributed by atoms with Crippen molar-refractivity contribution in [2.75, 3.05) is 67.5 Å². The molecule has 3 fully saturated rings. The molecule has 79 heavy (non-hydrogen) atoms. The molecule has 0 unspecified atom stereocenters. The Bertz CT molecular complexity index is 2080. The van der Waals surface area contributed by atoms with Gasteiger partial charge in [-0.25, -0.2) is 4.79 Å². The van der Waals surface area contributed by atoms with Crippen molar-refractivity contribution < 1.29 is 76.8 Å². The average Bonchev–Trinajstić information content (AvgIpc) is 3.47. The molecule has 0 radical (unpaired) electrons. The van der Waals surface area contributed by atoms with E-state index in [4.69, 9.17) is 54.8 Å². The zero-order valence-electron chi connectivity index (χ0n) is 49.4. The zero-order valence-corrected chi connectivity index (χ0v) is 50.2. The molecule has 17 nitrogen and oxygen atoms in total. The van der Waals surface area contributed by atoms with Gasteiger partial charge in [0.25, 0.3) is 11.7 Å². The Balaban J connectivity index is 1.58. The van der Waals surface area contributed by atoms with Gasteiger partial charge in [-0.05, 0) is 133 Å². The number of nitrogens with zero attached hydrogens (tertiary/aromatic N) is 1. The largest absolute Gasteiger partial charge is 0.481 e. The number of esters is 1. The zero-order chi connectivity index (χ0) is 58.2. The van der Waals surface area contributed by atoms with Gasteiger partial charge < -0.3 is 57.7 Å². The van der Waals surface area contributed by atoms with Crippen LogP contribution in [0.5, 0.6) is 0 Å². The number of amides is 1. The monoisotopic (exact) mass is 1130 g/mol. The molecule has 1 aliphatic carbocycles. The summed E-state index contributed by atoms with van der Waals surface area (Å²) >= 11 is 5.64. The highest BCUT2D eigenvalue weighted by atomic mass is 32.1. The summed E-state index contributed by atoms with van der Waals surface area (Å²) in [5.74, 6) is -8.09. The minimum atomic E-state index is -2.45. The van der Waals surface area contributed by atoms with E-state index in [1.165, 1.54) is 12.0 Å². The molecule has 0 aromatic rings. The third-order valence-electron chi connectivity index (χ3n) is 16.4. The number of fused-ring (bicyclic) bond motifs is 3. The highest BCUT2D eigenvalue weighted by Gasteiger charge is 2.53. The van der Waals surface area contributed by atoms with Crippen molar-refractivity contribution in [3.8, 4) is 0 Å². The van der Waals surface area contributed by atoms with Gasteiger partial charge in [-0.15, -0.1) is 0 Å². The maximum absolute atomic E-state index is 14.6. The number of thiocarbonyl (C=S) groups is 1. The lowest BCUT2D eigenvalue weighted by atomic mass is 9.78. The number of allylic oxidation sites excluding steroid dienone is 6. The molecule has 1 amide bonds. The van der Waals surface area contributed by atoms with Gasteiger partial charge in [-0.2, -0.15) is 0 Å². The minimum Gasteiger partial charge on any atom is -0.481 e. The van der Waals surface area contributed by atoms with Crippen LogP contribution in [-0.4, -0.2) is 171 Å². The van der Waals surface area contributed by atoms with E-state index in [9.17, 15) is 34.2 Å². The Labute approximate surface area is 476 Å². The summed E-state index contributed by atoms with van der Waals surface area (Å²) in [7, 11) is 4.61. The van der Waals surface area contributed by atoms with Crippen LogP contribution in [-0.2, 0) is 66.6 Å². The van der Waals surface area contributed by atoms with E-state index in [1.54, 1.807) is 41.1 Å². The minimum absolute atomic E-state index is 0.00818. The molecule has 2 saturated heterocycles. The summed E-state index contributed by atoms with van der Waals surface area (Å²) in [6, 6.07) is -1.16. The van der Waals surface area contributed by atoms with Crippen LogP contribution in [0.3, 0.4) is 0 Å². The highest BCUT2D eigenvalue weighted by Crippen LogP contribution is 2.38. The third-order valence-corrected chi connectivity index (χ3v) is 16.7. The van der Waals surface area contributed by atoms with Gasteiger partial charge >= 0.3 is 5.97 Å². The summed E-state index contributed by atoms with van der Waals surface area (Å²) in [5.41, 5.74) is 1.26. The lowest BCUT2D eigenvalue weighted by molar-refractivity contribution is -0.265. The number of hydrogen-bond donors (Lipinski definition) is 2. The first-order valence-corrected chi connectivity index (χ1v) is 29.5. The quantitative estimate of drug-likeness (QED) is 0.0434. The Hall–Kier alpha value is -3.56. The Morgan fingerprint density at radius 3 is 2.22 bits per heavy atom. The van der Waals surface area contributed by atoms with Gasteiger partial charge in [0, 0.05) is 78.1 Å². The number of rotatable bonds is 18. The Morgan fingerprint density at radius 2 is 1.53 bits per heavy atom. The van der Waals surface area contributed by atoms with Crippen molar-refractivity contribution in [3.05, 3.63) is 47.6 Å². The van der Waals surface area contributed by atoms with E-state index < -0.39 is 77.8 Å². The maximum Gasteiger partial charge on any atom is 0.329 e. The average molecular weight is 1130 g/mol. The summed E-state index contributed by atoms with van der Waals surface area (Å²) < 4.78 is 52.8. The molecule has 2 N–H and O–H groups in total. The van der Waals surface area contributed by atoms with Gasteiger partial charge in [-0.3, -0.25) is 19.2 Å². The van der Waals surface area contributed by atoms with Gasteiger partial charge in [0.05, 0.1) is 44.7 Å². The SMILES string of the molecule is CCOCCOCCOCCCC(=S)O[C@@H]1CC[C@@H](C[C@@H](C)[C@@H]2CC(=O)[C@H](C)/C=C(\C)[C@@H](O)[C@@H](OC)C(=O)[C@H](C)C[C@H](C)/C=C/C=C/C=C(\C)[C@@H](OC)C[C@@H]3CC[C@@H](C)[C@@](O)(O3)C(=O)C(=O)N3CCCC[C@H]3C(=O)O2)C[C@H]1OC. The molecule has 4 rings (SSSR count). The van der Waals surface area contributed by atoms with Crippen molar-refractivity contribution in [1.29, 1.82) is 0 Å². The molecule has 4 aliphatic rings. The van der Waals surface area contributed by atoms with Gasteiger partial charge in [0.1, 0.15) is 36.2 Å². The number of carbonyl (C=O) groups is 5. The number of hydrogen-bond acceptors (Lipinski definition) is 17. The Morgan fingerprint density at radius 1 is 0.823 bits per heavy atom. The summed E-state index contributed by atoms with van der Waals surface area (Å²) in [6.45, 7) is 18.0. The van der Waals surface area contributed by atoms with E-state index in [1.807, 2.05) is 65.0 Å². The molecular weight excluding hydrogens is 1030 g/mol. The van der Waals surface area contributed by atoms with Crippen LogP contribution >= 0.6 is 12.2 Å². The van der Waals surface area contributed by atoms with E-state index >= 15 is 0 Å². The topological polar surface area (TPSA) is 212 Å². The molecule has 18 heteroatoms. The predicted molar refractivity (Wildman–Crippen MR) is 304 cm³/mol. The predicted octanol–water partition coefficient (Wildman–Crippen LogP) is 8.38. The summed E-state index contributed by atoms with van der Waals surface area (Å²) in [6.07, 6.45) is 12.9. The molecule has 15 atom stereocenters. The van der Waals surface area contributed by atoms with Crippen molar-refractivity contribution in [2.24, 2.45) is 35.5 Å². The molecule has 2 bridgehead atoms. The van der Waals surface area contributed by atoms with Crippen LogP contribution in [0.2, 0.25) is 0 Å². The Kier molecular flexibility index (Phi) is 29.9. The highest BCUT2D eigenvalue weighted by molar-refractivity contribution is 7.80. The van der Waals surface area contributed by atoms with Crippen LogP contribution < -0.4 is 0 Å². The number of aliphatic hydroxyl groups is 2. The molecule has 3 heterocycles. The molecule has 1 saturated carbocycles. The number of aliphatic hydroxyl groups excluding tert-OH is 1. The molecular formula is C61H97NO16S. The molecule has 0 spiro atoms. The van der Waals surface area contributed by atoms with E-state index in [0.29, 0.717) is 121 Å². The number of methoxy groups -OCH3 is 3. The second-order valence-corrected chi connectivity index (χ2v) is 23.0. The molecule has 3 aliphatic heterocycles. The third kappa shape index (κ3) is 21.0. The first kappa shape index (κ1) is 67.9. The van der Waals surface area contributed by atoms with Gasteiger partial charge in [0.2, 0.25) is 5.79 Å². The fourth-order valence-electron chi connectivity index (χ4n) is 11.4. The normalized spacial score (nSPS) is 35.3. The second-order valence-electron chi connectivity index (χ2n) is 22.6. The first-order valence-electron chi connectivity index (χ1n) is 29.1. The summed E-state index contributed by atoms with van der Waals surface area (Å²) in [4.78, 5) is 72.8. The number of ketones is 3. The summed E-state index contributed by atoms with van der Waals surface area (Å²) in [5, 5.41) is 24.1. The number of cyclic esters (lactones) is 1. The molecule has 448 valence electrons. The number of ether oxygens (including phenoxy) is 9. The smallest absolute Gasteiger partial charge is 0.329 e. The van der Waals surface area contributed by atoms with Crippen molar-refractivity contribution in [2.45, 2.75) is 200 Å². The second kappa shape index (κ2) is 34.8. The number of carbonyl (C=O) groups excluding carboxylic acids is 5. The van der Waals surface area contributed by atoms with Crippen LogP contribution in [0.15, 0.2) is 47.6 Å². The maximum atomic E-state index is 14.6. The lowest BCUT2D eigenvalue weighted by Crippen LogP contribution is -2.61. The standard InChI is InChI=1S/C61H97NO16S/c1-12-73-29-30-75-32-31-74-28-18-22-54(79)76-50-26-24-46(36-53(50)71-10)35-42(5)52-38-49(63)41(4)34-44(7)56(65)57(72-11)55(64)43(6)33-39(2)19-14-13-15-20-40(3)51(70-9)37-47-25-23-45(8)61(69,78-47)58(66)59(67)62-27-17-16-21-48(62)60(68)77-52/h13-15,19-20,34,39,41-43,45-48,50-53,56-57,65,69H,12,16-18,21-33,35-38H2,1-11H3/b15-13+,19-14+,40-20+,44-34+/t39-,41-,42-,43-,45-,46+,47+,48+,50-,51+,52+,53-,56-,57+,61-/m1/s1. The van der Waals surface area contributed by atoms with Crippen molar-refractivity contribution >= 4 is 46.5 Å². The van der Waals surface area contributed by atoms with Crippen LogP contribution in [0.25, 0.3) is 0 Å². The molecule has 0 aromatic heterocycles. The van der Waals surface area contributed by atoms with E-state index in [2.05, 4.69) is 0 Å². The van der Waals surface area contributed by atoms with Gasteiger partial charge in [0.15, 0.2) is 10.8 Å². The lowest BCUT2D eigenvalue weighted by Gasteiger charge is -2.42. The van der Waals surface area contributed by atoms with E-state index in [-0.39, 0.29) is 60.9 Å². The first-order chi connectivity index (χ1) is 37.7. The fourth-order valence-corrected chi connectivity index (χ4v) is 11.6.